The van der Waals surface area contributed by atoms with E-state index in [4.69, 9.17) is 0 Å². The lowest BCUT2D eigenvalue weighted by Gasteiger charge is -2.16. The molecule has 3 rings (SSSR count). The molecule has 118 valence electrons. The summed E-state index contributed by atoms with van der Waals surface area (Å²) in [7, 11) is 0. The zero-order valence-corrected chi connectivity index (χ0v) is 12.4. The predicted octanol–water partition coefficient (Wildman–Crippen LogP) is 1.45. The molecule has 0 unspecified atom stereocenters. The molecule has 23 heavy (non-hydrogen) atoms. The van der Waals surface area contributed by atoms with Gasteiger partial charge in [0.25, 0.3) is 5.95 Å². The maximum Gasteiger partial charge on any atom is 0.321 e. The number of amides is 2. The van der Waals surface area contributed by atoms with E-state index in [1.807, 2.05) is 42.5 Å². The van der Waals surface area contributed by atoms with Crippen LogP contribution in [0.1, 0.15) is 5.56 Å². The summed E-state index contributed by atoms with van der Waals surface area (Å²) in [6.07, 6.45) is 2.29. The number of aromatic nitrogens is 3. The Hall–Kier alpha value is -2.93. The number of rotatable bonds is 5. The fourth-order valence-electron chi connectivity index (χ4n) is 2.27. The van der Waals surface area contributed by atoms with Crippen molar-refractivity contribution >= 4 is 17.6 Å². The summed E-state index contributed by atoms with van der Waals surface area (Å²) in [5, 5.41) is 18.9. The summed E-state index contributed by atoms with van der Waals surface area (Å²) < 4.78 is 1.57. The van der Waals surface area contributed by atoms with Crippen LogP contribution in [0.2, 0.25) is 0 Å². The molecule has 1 aromatic carbocycles. The third-order valence-electron chi connectivity index (χ3n) is 3.35. The van der Waals surface area contributed by atoms with Gasteiger partial charge in [-0.05, 0) is 24.1 Å². The van der Waals surface area contributed by atoms with Crippen molar-refractivity contribution in [1.29, 1.82) is 0 Å². The summed E-state index contributed by atoms with van der Waals surface area (Å²) in [6.45, 7) is -0.152. The third-order valence-corrected chi connectivity index (χ3v) is 3.35. The Morgan fingerprint density at radius 2 is 1.96 bits per heavy atom. The number of anilines is 1. The van der Waals surface area contributed by atoms with E-state index >= 15 is 0 Å². The average Bonchev–Trinajstić information content (AvgIpc) is 2.97. The van der Waals surface area contributed by atoms with Gasteiger partial charge < -0.3 is 10.4 Å². The van der Waals surface area contributed by atoms with Crippen LogP contribution in [0.15, 0.2) is 54.7 Å². The molecule has 7 heteroatoms. The monoisotopic (exact) mass is 311 g/mol. The number of aliphatic hydroxyl groups is 1. The van der Waals surface area contributed by atoms with Gasteiger partial charge in [0.2, 0.25) is 0 Å². The molecule has 0 saturated carbocycles. The normalized spacial score (nSPS) is 12.0. The highest BCUT2D eigenvalue weighted by atomic mass is 16.3. The van der Waals surface area contributed by atoms with Crippen LogP contribution in [-0.4, -0.2) is 38.4 Å². The van der Waals surface area contributed by atoms with Gasteiger partial charge in [0.05, 0.1) is 12.6 Å². The topological polar surface area (TPSA) is 91.6 Å². The first-order chi connectivity index (χ1) is 11.2. The highest BCUT2D eigenvalue weighted by Crippen LogP contribution is 2.05. The SMILES string of the molecule is O=C(Nc1nc2ccccn2n1)N[C@H](CO)Cc1ccccc1. The number of aliphatic hydroxyl groups excluding tert-OH is 1. The van der Waals surface area contributed by atoms with Crippen LogP contribution >= 0.6 is 0 Å². The molecule has 0 aliphatic carbocycles. The Morgan fingerprint density at radius 1 is 1.17 bits per heavy atom. The Balaban J connectivity index is 1.61. The van der Waals surface area contributed by atoms with Crippen molar-refractivity contribution in [2.75, 3.05) is 11.9 Å². The first kappa shape index (κ1) is 15.0. The molecular formula is C16H17N5O2. The molecule has 2 heterocycles. The van der Waals surface area contributed by atoms with Gasteiger partial charge in [0.1, 0.15) is 0 Å². The summed E-state index contributed by atoms with van der Waals surface area (Å²) >= 11 is 0. The van der Waals surface area contributed by atoms with E-state index in [-0.39, 0.29) is 18.6 Å². The molecule has 0 aliphatic heterocycles. The van der Waals surface area contributed by atoms with Crippen molar-refractivity contribution < 1.29 is 9.90 Å². The average molecular weight is 311 g/mol. The van der Waals surface area contributed by atoms with Gasteiger partial charge in [0, 0.05) is 6.20 Å². The predicted molar refractivity (Wildman–Crippen MR) is 86.2 cm³/mol. The van der Waals surface area contributed by atoms with Crippen molar-refractivity contribution in [2.45, 2.75) is 12.5 Å². The van der Waals surface area contributed by atoms with Crippen LogP contribution in [0.5, 0.6) is 0 Å². The van der Waals surface area contributed by atoms with Crippen LogP contribution in [0, 0.1) is 0 Å². The smallest absolute Gasteiger partial charge is 0.321 e. The first-order valence-electron chi connectivity index (χ1n) is 7.28. The minimum Gasteiger partial charge on any atom is -0.394 e. The van der Waals surface area contributed by atoms with Gasteiger partial charge in [-0.1, -0.05) is 36.4 Å². The minimum atomic E-state index is -0.448. The molecule has 0 fully saturated rings. The van der Waals surface area contributed by atoms with Crippen molar-refractivity contribution in [3.8, 4) is 0 Å². The number of hydrogen-bond acceptors (Lipinski definition) is 4. The maximum absolute atomic E-state index is 12.0. The molecule has 0 radical (unpaired) electrons. The number of urea groups is 1. The quantitative estimate of drug-likeness (QED) is 0.665. The molecule has 1 atom stereocenters. The first-order valence-corrected chi connectivity index (χ1v) is 7.28. The number of nitrogens with one attached hydrogen (secondary N) is 2. The molecule has 0 aliphatic rings. The van der Waals surface area contributed by atoms with Crippen LogP contribution < -0.4 is 10.6 Å². The van der Waals surface area contributed by atoms with Crippen LogP contribution in [-0.2, 0) is 6.42 Å². The molecule has 2 amide bonds. The fraction of sp³-hybridized carbons (Fsp3) is 0.188. The second kappa shape index (κ2) is 6.89. The molecule has 3 N–H and O–H groups in total. The van der Waals surface area contributed by atoms with Gasteiger partial charge in [-0.15, -0.1) is 5.10 Å². The molecule has 7 nitrogen and oxygen atoms in total. The highest BCUT2D eigenvalue weighted by Gasteiger charge is 2.13. The van der Waals surface area contributed by atoms with E-state index in [9.17, 15) is 9.90 Å². The summed E-state index contributed by atoms with van der Waals surface area (Å²) in [4.78, 5) is 16.2. The van der Waals surface area contributed by atoms with Gasteiger partial charge in [-0.2, -0.15) is 4.98 Å². The fourth-order valence-corrected chi connectivity index (χ4v) is 2.27. The van der Waals surface area contributed by atoms with Crippen LogP contribution in [0.4, 0.5) is 10.7 Å². The number of pyridine rings is 1. The zero-order valence-electron chi connectivity index (χ0n) is 12.4. The summed E-state index contributed by atoms with van der Waals surface area (Å²) in [6, 6.07) is 14.3. The van der Waals surface area contributed by atoms with Gasteiger partial charge in [-0.3, -0.25) is 5.32 Å². The molecule has 0 saturated heterocycles. The lowest BCUT2D eigenvalue weighted by Crippen LogP contribution is -2.41. The number of fused-ring (bicyclic) bond motifs is 1. The molecule has 0 bridgehead atoms. The van der Waals surface area contributed by atoms with Crippen molar-refractivity contribution in [1.82, 2.24) is 19.9 Å². The van der Waals surface area contributed by atoms with E-state index in [2.05, 4.69) is 20.7 Å². The Morgan fingerprint density at radius 3 is 2.70 bits per heavy atom. The molecule has 2 aromatic heterocycles. The number of benzene rings is 1. The Bertz CT molecular complexity index is 754. The molecule has 0 spiro atoms. The largest absolute Gasteiger partial charge is 0.394 e. The van der Waals surface area contributed by atoms with E-state index in [1.54, 1.807) is 16.8 Å². The second-order valence-electron chi connectivity index (χ2n) is 5.11. The third kappa shape index (κ3) is 3.83. The standard InChI is InChI=1S/C16H17N5O2/c22-11-13(10-12-6-2-1-3-7-12)17-16(23)19-15-18-14-8-4-5-9-21(14)20-15/h1-9,13,22H,10-11H2,(H2,17,19,20,23)/t13-/m0/s1. The van der Waals surface area contributed by atoms with E-state index in [1.165, 1.54) is 0 Å². The summed E-state index contributed by atoms with van der Waals surface area (Å²) in [5.74, 6) is 0.213. The van der Waals surface area contributed by atoms with Crippen LogP contribution in [0.3, 0.4) is 0 Å². The van der Waals surface area contributed by atoms with Crippen molar-refractivity contribution in [3.05, 3.63) is 60.3 Å². The summed E-state index contributed by atoms with van der Waals surface area (Å²) in [5.41, 5.74) is 1.68. The minimum absolute atomic E-state index is 0.152. The number of carbonyl (C=O) groups is 1. The number of carbonyl (C=O) groups excluding carboxylic acids is 1. The Labute approximate surface area is 133 Å². The Kier molecular flexibility index (Phi) is 4.49. The van der Waals surface area contributed by atoms with Gasteiger partial charge >= 0.3 is 6.03 Å². The highest BCUT2D eigenvalue weighted by molar-refractivity contribution is 5.87. The number of hydrogen-bond donors (Lipinski definition) is 3. The lowest BCUT2D eigenvalue weighted by atomic mass is 10.1. The van der Waals surface area contributed by atoms with E-state index < -0.39 is 6.03 Å². The van der Waals surface area contributed by atoms with Gasteiger partial charge in [-0.25, -0.2) is 9.31 Å². The van der Waals surface area contributed by atoms with Crippen molar-refractivity contribution in [3.63, 3.8) is 0 Å². The zero-order chi connectivity index (χ0) is 16.1. The van der Waals surface area contributed by atoms with Crippen LogP contribution in [0.25, 0.3) is 5.65 Å². The van der Waals surface area contributed by atoms with E-state index in [0.717, 1.165) is 5.56 Å². The molecule has 3 aromatic rings. The lowest BCUT2D eigenvalue weighted by molar-refractivity contribution is 0.224. The van der Waals surface area contributed by atoms with Crippen molar-refractivity contribution in [2.24, 2.45) is 0 Å². The van der Waals surface area contributed by atoms with Gasteiger partial charge in [0.15, 0.2) is 5.65 Å². The maximum atomic E-state index is 12.0. The second-order valence-corrected chi connectivity index (χ2v) is 5.11. The molecular weight excluding hydrogens is 294 g/mol. The van der Waals surface area contributed by atoms with E-state index in [0.29, 0.717) is 12.1 Å². The number of nitrogens with zero attached hydrogens (tertiary/aromatic N) is 3.